The molecule has 3 aromatic rings. The van der Waals surface area contributed by atoms with Gasteiger partial charge in [0.05, 0.1) is 5.69 Å². The molecule has 1 N–H and O–H groups in total. The van der Waals surface area contributed by atoms with Crippen LogP contribution in [-0.2, 0) is 15.1 Å². The minimum atomic E-state index is -1.44. The number of hydrazine groups is 1. The molecule has 1 aliphatic heterocycles. The lowest BCUT2D eigenvalue weighted by atomic mass is 9.95. The van der Waals surface area contributed by atoms with E-state index in [0.29, 0.717) is 27.8 Å². The molecule has 7 heteroatoms. The number of hydrogen-bond acceptors (Lipinski definition) is 5. The molecule has 0 radical (unpaired) electrons. The molecule has 146 valence electrons. The van der Waals surface area contributed by atoms with Gasteiger partial charge in [-0.15, -0.1) is 5.01 Å². The summed E-state index contributed by atoms with van der Waals surface area (Å²) in [6.45, 7) is 1.56. The van der Waals surface area contributed by atoms with Crippen LogP contribution in [0.5, 0.6) is 11.5 Å². The molecule has 29 heavy (non-hydrogen) atoms. The molecule has 1 aliphatic rings. The third kappa shape index (κ3) is 3.75. The summed E-state index contributed by atoms with van der Waals surface area (Å²) < 4.78 is 11.2. The highest BCUT2D eigenvalue weighted by Gasteiger charge is 2.52. The van der Waals surface area contributed by atoms with E-state index in [4.69, 9.17) is 21.1 Å². The van der Waals surface area contributed by atoms with Crippen LogP contribution in [0.1, 0.15) is 12.5 Å². The molecule has 1 fully saturated rings. The monoisotopic (exact) mass is 408 g/mol. The average molecular weight is 409 g/mol. The van der Waals surface area contributed by atoms with Gasteiger partial charge in [0.1, 0.15) is 11.5 Å². The summed E-state index contributed by atoms with van der Waals surface area (Å²) in [6, 6.07) is 22.8. The molecule has 4 rings (SSSR count). The summed E-state index contributed by atoms with van der Waals surface area (Å²) in [7, 11) is 0. The molecule has 1 heterocycles. The lowest BCUT2D eigenvalue weighted by Gasteiger charge is -2.21. The topological polar surface area (TPSA) is 67.9 Å². The van der Waals surface area contributed by atoms with Gasteiger partial charge in [-0.25, -0.2) is 4.79 Å². The third-order valence-electron chi connectivity index (χ3n) is 4.55. The highest BCUT2D eigenvalue weighted by Crippen LogP contribution is 2.35. The Morgan fingerprint density at radius 2 is 1.52 bits per heavy atom. The highest BCUT2D eigenvalue weighted by atomic mass is 35.5. The molecule has 2 amide bonds. The summed E-state index contributed by atoms with van der Waals surface area (Å²) >= 11 is 5.86. The number of ether oxygens (including phenoxy) is 2. The van der Waals surface area contributed by atoms with Crippen LogP contribution in [0.4, 0.5) is 10.5 Å². The fourth-order valence-electron chi connectivity index (χ4n) is 2.96. The number of nitrogens with one attached hydrogen (secondary N) is 1. The van der Waals surface area contributed by atoms with Crippen molar-refractivity contribution in [3.8, 4) is 11.5 Å². The van der Waals surface area contributed by atoms with E-state index in [1.165, 1.54) is 0 Å². The molecule has 0 spiro atoms. The number of nitrogens with zero attached hydrogens (tertiary/aromatic N) is 1. The minimum absolute atomic E-state index is 0.519. The number of imide groups is 1. The summed E-state index contributed by atoms with van der Waals surface area (Å²) in [5, 5.41) is 1.41. The van der Waals surface area contributed by atoms with Gasteiger partial charge in [-0.3, -0.25) is 10.2 Å². The number of para-hydroxylation sites is 1. The minimum Gasteiger partial charge on any atom is -0.457 e. The van der Waals surface area contributed by atoms with Gasteiger partial charge in [-0.05, 0) is 55.5 Å². The van der Waals surface area contributed by atoms with Gasteiger partial charge in [0.25, 0.3) is 5.91 Å². The molecule has 6 nitrogen and oxygen atoms in total. The summed E-state index contributed by atoms with van der Waals surface area (Å²) in [6.07, 6.45) is -0.780. The normalized spacial score (nSPS) is 18.5. The zero-order chi connectivity index (χ0) is 20.4. The van der Waals surface area contributed by atoms with Crippen molar-refractivity contribution in [3.63, 3.8) is 0 Å². The van der Waals surface area contributed by atoms with Crippen LogP contribution in [0.15, 0.2) is 78.9 Å². The lowest BCUT2D eigenvalue weighted by molar-refractivity contribution is -0.135. The number of cyclic esters (lactones) is 1. The second kappa shape index (κ2) is 7.48. The smallest absolute Gasteiger partial charge is 0.437 e. The lowest BCUT2D eigenvalue weighted by Crippen LogP contribution is -2.40. The van der Waals surface area contributed by atoms with Crippen LogP contribution in [0.25, 0.3) is 0 Å². The van der Waals surface area contributed by atoms with E-state index < -0.39 is 17.6 Å². The molecule has 1 atom stereocenters. The second-order valence-electron chi connectivity index (χ2n) is 6.60. The zero-order valence-electron chi connectivity index (χ0n) is 15.5. The van der Waals surface area contributed by atoms with Gasteiger partial charge in [-0.1, -0.05) is 41.9 Å². The van der Waals surface area contributed by atoms with Crippen molar-refractivity contribution in [2.24, 2.45) is 0 Å². The van der Waals surface area contributed by atoms with Crippen LogP contribution >= 0.6 is 11.6 Å². The van der Waals surface area contributed by atoms with E-state index in [2.05, 4.69) is 5.43 Å². The first-order valence-electron chi connectivity index (χ1n) is 8.89. The Kier molecular flexibility index (Phi) is 4.86. The van der Waals surface area contributed by atoms with Crippen molar-refractivity contribution in [2.45, 2.75) is 12.5 Å². The van der Waals surface area contributed by atoms with Crippen molar-refractivity contribution in [3.05, 3.63) is 89.4 Å². The number of anilines is 1. The van der Waals surface area contributed by atoms with E-state index in [0.717, 1.165) is 5.01 Å². The van der Waals surface area contributed by atoms with Gasteiger partial charge in [0.2, 0.25) is 5.60 Å². The maximum absolute atomic E-state index is 12.9. The number of hydrogen-bond donors (Lipinski definition) is 1. The first-order valence-corrected chi connectivity index (χ1v) is 9.27. The Labute approximate surface area is 172 Å². The largest absolute Gasteiger partial charge is 0.457 e. The van der Waals surface area contributed by atoms with Crippen LogP contribution < -0.4 is 10.2 Å². The van der Waals surface area contributed by atoms with Gasteiger partial charge in [-0.2, -0.15) is 0 Å². The number of rotatable bonds is 5. The molecule has 1 unspecified atom stereocenters. The molecular formula is C22H17ClN2O4. The van der Waals surface area contributed by atoms with E-state index in [1.54, 1.807) is 55.5 Å². The van der Waals surface area contributed by atoms with Crippen molar-refractivity contribution >= 4 is 29.3 Å². The molecule has 1 saturated heterocycles. The number of carbonyl (C=O) groups excluding carboxylic acids is 2. The Bertz CT molecular complexity index is 1040. The fourth-order valence-corrected chi connectivity index (χ4v) is 3.08. The van der Waals surface area contributed by atoms with Crippen LogP contribution in [0, 0.1) is 0 Å². The van der Waals surface area contributed by atoms with Crippen molar-refractivity contribution in [1.29, 1.82) is 0 Å². The van der Waals surface area contributed by atoms with E-state index >= 15 is 0 Å². The predicted octanol–water partition coefficient (Wildman–Crippen LogP) is 5.35. The average Bonchev–Trinajstić information content (AvgIpc) is 2.95. The van der Waals surface area contributed by atoms with Crippen molar-refractivity contribution < 1.29 is 19.1 Å². The molecule has 0 aromatic heterocycles. The van der Waals surface area contributed by atoms with Crippen molar-refractivity contribution in [1.82, 2.24) is 5.01 Å². The fraction of sp³-hybridized carbons (Fsp3) is 0.0909. The number of amides is 2. The zero-order valence-corrected chi connectivity index (χ0v) is 16.2. The standard InChI is InChI=1S/C22H17ClN2O4/c1-22(15-7-13-19(14-8-15)28-18-5-3-2-4-6-18)20(26)25(21(27)29-22)24-17-11-9-16(23)10-12-17/h2-14,24H,1H3. The summed E-state index contributed by atoms with van der Waals surface area (Å²) in [5.41, 5.74) is 2.40. The summed E-state index contributed by atoms with van der Waals surface area (Å²) in [5.74, 6) is 0.791. The van der Waals surface area contributed by atoms with Gasteiger partial charge < -0.3 is 9.47 Å². The van der Waals surface area contributed by atoms with E-state index in [1.807, 2.05) is 30.3 Å². The van der Waals surface area contributed by atoms with Crippen LogP contribution in [-0.4, -0.2) is 17.0 Å². The first-order chi connectivity index (χ1) is 14.0. The predicted molar refractivity (Wildman–Crippen MR) is 109 cm³/mol. The number of benzene rings is 3. The van der Waals surface area contributed by atoms with Gasteiger partial charge in [0, 0.05) is 10.6 Å². The Morgan fingerprint density at radius 1 is 0.897 bits per heavy atom. The molecular weight excluding hydrogens is 392 g/mol. The summed E-state index contributed by atoms with van der Waals surface area (Å²) in [4.78, 5) is 25.3. The Hall–Kier alpha value is -3.51. The quantitative estimate of drug-likeness (QED) is 0.616. The van der Waals surface area contributed by atoms with E-state index in [-0.39, 0.29) is 0 Å². The SMILES string of the molecule is CC1(c2ccc(Oc3ccccc3)cc2)OC(=O)N(Nc2ccc(Cl)cc2)C1=O. The van der Waals surface area contributed by atoms with Crippen LogP contribution in [0.3, 0.4) is 0 Å². The Morgan fingerprint density at radius 3 is 2.17 bits per heavy atom. The van der Waals surface area contributed by atoms with Crippen molar-refractivity contribution in [2.75, 3.05) is 5.43 Å². The Balaban J connectivity index is 1.52. The highest BCUT2D eigenvalue weighted by molar-refractivity contribution is 6.30. The van der Waals surface area contributed by atoms with Crippen LogP contribution in [0.2, 0.25) is 5.02 Å². The van der Waals surface area contributed by atoms with Gasteiger partial charge >= 0.3 is 6.09 Å². The van der Waals surface area contributed by atoms with E-state index in [9.17, 15) is 9.59 Å². The molecule has 0 bridgehead atoms. The van der Waals surface area contributed by atoms with Gasteiger partial charge in [0.15, 0.2) is 0 Å². The number of carbonyl (C=O) groups is 2. The molecule has 0 saturated carbocycles. The molecule has 3 aromatic carbocycles. The second-order valence-corrected chi connectivity index (χ2v) is 7.04. The molecule has 0 aliphatic carbocycles. The maximum Gasteiger partial charge on any atom is 0.437 e. The third-order valence-corrected chi connectivity index (χ3v) is 4.81. The maximum atomic E-state index is 12.9. The first kappa shape index (κ1) is 18.8. The number of halogens is 1.